The van der Waals surface area contributed by atoms with Gasteiger partial charge in [-0.2, -0.15) is 11.8 Å². The Labute approximate surface area is 131 Å². The SMILES string of the molecule is Cc1cc(C(C)O)ccc1OC1CCOC2(CCSC2)C1. The standard InChI is InChI=1S/C17H24O3S/c1-12-9-14(13(2)18)3-4-16(12)20-15-5-7-19-17(10-15)6-8-21-11-17/h3-4,9,13,15,18H,5-8,10-11H2,1-2H3. The number of benzene rings is 1. The molecule has 1 aromatic carbocycles. The van der Waals surface area contributed by atoms with Crippen LogP contribution < -0.4 is 4.74 Å². The van der Waals surface area contributed by atoms with Crippen LogP contribution >= 0.6 is 11.8 Å². The van der Waals surface area contributed by atoms with Gasteiger partial charge in [0, 0.05) is 18.6 Å². The monoisotopic (exact) mass is 308 g/mol. The molecule has 1 N–H and O–H groups in total. The average molecular weight is 308 g/mol. The highest BCUT2D eigenvalue weighted by molar-refractivity contribution is 7.99. The highest BCUT2D eigenvalue weighted by atomic mass is 32.2. The zero-order chi connectivity index (χ0) is 14.9. The maximum Gasteiger partial charge on any atom is 0.122 e. The highest BCUT2D eigenvalue weighted by Crippen LogP contribution is 2.39. The molecule has 0 radical (unpaired) electrons. The number of thioether (sulfide) groups is 1. The van der Waals surface area contributed by atoms with Gasteiger partial charge in [-0.05, 0) is 49.3 Å². The van der Waals surface area contributed by atoms with Crippen LogP contribution in [0.1, 0.15) is 43.4 Å². The van der Waals surface area contributed by atoms with E-state index in [1.807, 2.05) is 36.9 Å². The van der Waals surface area contributed by atoms with E-state index in [1.165, 1.54) is 5.75 Å². The number of hydrogen-bond acceptors (Lipinski definition) is 4. The number of rotatable bonds is 3. The van der Waals surface area contributed by atoms with Gasteiger partial charge in [-0.15, -0.1) is 0 Å². The van der Waals surface area contributed by atoms with E-state index >= 15 is 0 Å². The van der Waals surface area contributed by atoms with E-state index in [1.54, 1.807) is 6.92 Å². The smallest absolute Gasteiger partial charge is 0.122 e. The lowest BCUT2D eigenvalue weighted by Crippen LogP contribution is -2.43. The molecule has 3 rings (SSSR count). The van der Waals surface area contributed by atoms with Gasteiger partial charge in [-0.3, -0.25) is 0 Å². The third kappa shape index (κ3) is 3.38. The second-order valence-corrected chi connectivity index (χ2v) is 7.37. The van der Waals surface area contributed by atoms with Gasteiger partial charge in [-0.25, -0.2) is 0 Å². The molecule has 2 aliphatic rings. The summed E-state index contributed by atoms with van der Waals surface area (Å²) in [4.78, 5) is 0. The van der Waals surface area contributed by atoms with Gasteiger partial charge < -0.3 is 14.6 Å². The Morgan fingerprint density at radius 2 is 2.33 bits per heavy atom. The minimum absolute atomic E-state index is 0.0566. The minimum Gasteiger partial charge on any atom is -0.490 e. The van der Waals surface area contributed by atoms with Crippen molar-refractivity contribution in [1.29, 1.82) is 0 Å². The van der Waals surface area contributed by atoms with Gasteiger partial charge in [0.1, 0.15) is 11.9 Å². The first-order valence-corrected chi connectivity index (χ1v) is 8.90. The quantitative estimate of drug-likeness (QED) is 0.928. The molecule has 116 valence electrons. The lowest BCUT2D eigenvalue weighted by atomic mass is 9.91. The fourth-order valence-corrected chi connectivity index (χ4v) is 4.57. The van der Waals surface area contributed by atoms with E-state index < -0.39 is 6.10 Å². The minimum atomic E-state index is -0.431. The van der Waals surface area contributed by atoms with Gasteiger partial charge in [0.2, 0.25) is 0 Å². The molecule has 0 aliphatic carbocycles. The highest BCUT2D eigenvalue weighted by Gasteiger charge is 2.41. The molecule has 2 aliphatic heterocycles. The fourth-order valence-electron chi connectivity index (χ4n) is 3.19. The molecule has 2 heterocycles. The third-order valence-electron chi connectivity index (χ3n) is 4.49. The van der Waals surface area contributed by atoms with E-state index in [2.05, 4.69) is 0 Å². The van der Waals surface area contributed by atoms with Crippen molar-refractivity contribution in [2.24, 2.45) is 0 Å². The second kappa shape index (κ2) is 6.19. The molecule has 21 heavy (non-hydrogen) atoms. The molecule has 4 heteroatoms. The maximum atomic E-state index is 9.64. The Morgan fingerprint density at radius 3 is 3.00 bits per heavy atom. The molecular formula is C17H24O3S. The van der Waals surface area contributed by atoms with Gasteiger partial charge in [-0.1, -0.05) is 6.07 Å². The summed E-state index contributed by atoms with van der Waals surface area (Å²) >= 11 is 1.99. The molecule has 0 saturated carbocycles. The Balaban J connectivity index is 1.68. The van der Waals surface area contributed by atoms with Crippen molar-refractivity contribution in [3.05, 3.63) is 29.3 Å². The zero-order valence-corrected chi connectivity index (χ0v) is 13.6. The molecular weight excluding hydrogens is 284 g/mol. The Morgan fingerprint density at radius 1 is 1.48 bits per heavy atom. The Bertz CT molecular complexity index is 495. The molecule has 3 atom stereocenters. The van der Waals surface area contributed by atoms with Crippen LogP contribution in [0.4, 0.5) is 0 Å². The van der Waals surface area contributed by atoms with E-state index in [0.29, 0.717) is 0 Å². The van der Waals surface area contributed by atoms with Crippen LogP contribution in [0.3, 0.4) is 0 Å². The van der Waals surface area contributed by atoms with Crippen LogP contribution in [0.5, 0.6) is 5.75 Å². The van der Waals surface area contributed by atoms with E-state index in [9.17, 15) is 5.11 Å². The van der Waals surface area contributed by atoms with Gasteiger partial charge in [0.15, 0.2) is 0 Å². The van der Waals surface area contributed by atoms with Crippen molar-refractivity contribution < 1.29 is 14.6 Å². The summed E-state index contributed by atoms with van der Waals surface area (Å²) in [5.74, 6) is 3.24. The summed E-state index contributed by atoms with van der Waals surface area (Å²) < 4.78 is 12.3. The van der Waals surface area contributed by atoms with Crippen LogP contribution in [0, 0.1) is 6.92 Å². The van der Waals surface area contributed by atoms with Gasteiger partial charge >= 0.3 is 0 Å². The van der Waals surface area contributed by atoms with Gasteiger partial charge in [0.25, 0.3) is 0 Å². The summed E-state index contributed by atoms with van der Waals surface area (Å²) in [6.45, 7) is 4.63. The predicted octanol–water partition coefficient (Wildman–Crippen LogP) is 3.48. The van der Waals surface area contributed by atoms with Crippen molar-refractivity contribution in [2.45, 2.75) is 50.9 Å². The number of aryl methyl sites for hydroxylation is 1. The first-order chi connectivity index (χ1) is 10.1. The number of ether oxygens (including phenoxy) is 2. The summed E-state index contributed by atoms with van der Waals surface area (Å²) in [6.07, 6.45) is 2.92. The van der Waals surface area contributed by atoms with E-state index in [0.717, 1.165) is 48.5 Å². The summed E-state index contributed by atoms with van der Waals surface area (Å²) in [7, 11) is 0. The summed E-state index contributed by atoms with van der Waals surface area (Å²) in [6, 6.07) is 5.96. The van der Waals surface area contributed by atoms with Crippen molar-refractivity contribution in [2.75, 3.05) is 18.1 Å². The predicted molar refractivity (Wildman–Crippen MR) is 86.1 cm³/mol. The normalized spacial score (nSPS) is 30.5. The van der Waals surface area contributed by atoms with Crippen LogP contribution in [0.2, 0.25) is 0 Å². The van der Waals surface area contributed by atoms with Crippen molar-refractivity contribution in [1.82, 2.24) is 0 Å². The lowest BCUT2D eigenvalue weighted by Gasteiger charge is -2.37. The largest absolute Gasteiger partial charge is 0.490 e. The van der Waals surface area contributed by atoms with Crippen molar-refractivity contribution in [3.63, 3.8) is 0 Å². The molecule has 1 aromatic rings. The van der Waals surface area contributed by atoms with Crippen LogP contribution in [0.15, 0.2) is 18.2 Å². The van der Waals surface area contributed by atoms with Crippen LogP contribution in [-0.2, 0) is 4.74 Å². The summed E-state index contributed by atoms with van der Waals surface area (Å²) in [5.41, 5.74) is 2.09. The van der Waals surface area contributed by atoms with E-state index in [4.69, 9.17) is 9.47 Å². The Kier molecular flexibility index (Phi) is 4.48. The second-order valence-electron chi connectivity index (χ2n) is 6.27. The molecule has 0 amide bonds. The molecule has 3 unspecified atom stereocenters. The maximum absolute atomic E-state index is 9.64. The molecule has 0 bridgehead atoms. The molecule has 0 aromatic heterocycles. The number of hydrogen-bond donors (Lipinski definition) is 1. The van der Waals surface area contributed by atoms with Crippen molar-refractivity contribution in [3.8, 4) is 5.75 Å². The van der Waals surface area contributed by atoms with Crippen LogP contribution in [-0.4, -0.2) is 34.9 Å². The molecule has 1 spiro atoms. The Hall–Kier alpha value is -0.710. The van der Waals surface area contributed by atoms with E-state index in [-0.39, 0.29) is 11.7 Å². The topological polar surface area (TPSA) is 38.7 Å². The zero-order valence-electron chi connectivity index (χ0n) is 12.8. The molecule has 2 saturated heterocycles. The van der Waals surface area contributed by atoms with Gasteiger partial charge in [0.05, 0.1) is 18.3 Å². The fraction of sp³-hybridized carbons (Fsp3) is 0.647. The molecule has 3 nitrogen and oxygen atoms in total. The first kappa shape index (κ1) is 15.2. The number of aliphatic hydroxyl groups is 1. The third-order valence-corrected chi connectivity index (χ3v) is 5.71. The lowest BCUT2D eigenvalue weighted by molar-refractivity contribution is -0.0959. The van der Waals surface area contributed by atoms with Crippen molar-refractivity contribution >= 4 is 11.8 Å². The summed E-state index contributed by atoms with van der Waals surface area (Å²) in [5, 5.41) is 9.64. The van der Waals surface area contributed by atoms with Crippen LogP contribution in [0.25, 0.3) is 0 Å². The molecule has 2 fully saturated rings. The number of aliphatic hydroxyl groups excluding tert-OH is 1. The first-order valence-electron chi connectivity index (χ1n) is 7.75. The average Bonchev–Trinajstić information content (AvgIpc) is 2.89.